The quantitative estimate of drug-likeness (QED) is 0.0151. The third kappa shape index (κ3) is 169. The van der Waals surface area contributed by atoms with Crippen LogP contribution in [0.15, 0.2) is 102 Å². The van der Waals surface area contributed by atoms with Gasteiger partial charge in [0.05, 0.1) is 13.2 Å². The summed E-state index contributed by atoms with van der Waals surface area (Å²) in [6.45, 7) is 95.2. The smallest absolute Gasteiger partial charge is 0.305 e. The van der Waals surface area contributed by atoms with Crippen LogP contribution in [0.2, 0.25) is 0 Å². The standard InChI is InChI=1S/C12H15N.C10H14O.C10H14.C8H13N.C7H17N.2C7H16.2C6H13NO.2C6H12O2.C6H14.C5H11NO.C5H10O2.2C5H12O.C4H10O.C4H10/c1-9(2)7-10-8-13-12-6-4-3-5-11(10)12;1-8(2)7-9-3-5-10(11)6-4-9;1-9(2)8-10-6-4-3-5-7-10;1-7(2)5-8-3-4-9-6-8;1-7(2)5-3-4-6-8;1-6(2)5-7(3)4;1-5-7(4)6(2)3;1-5(2)4-6(8)7-3;1-5(2)3-4-6(7)8;1-5(2)4-6(7)8-3;1-5(2)3-4-6(7)8;1-5(2)6(3)4;2*1-4(2)3-5(6)7;1-5(2)3-4-6;1-4(2)5(3)6;1-4(2)3-5;1-4(2)3/h3-6,8-9,13H,7H2,1-2H3;3-6,8,11H,7H2,1-2H3;3-7,9H,8H2,1-2H3;4,6-7H,3,5H2,1-2H3;7H,3-6,8H2,1-2H3;2*6-7H,5H2,1-4H3;5H,4H2,1-3H3,(H,7,8);5H,3-4H2,1-2H3,(H2,7,8);5H,4H2,1-3H3;5H,3-4H2,1-2H3,(H,7,8);5-6H,1-4H3;4H,3H2,1-2H3,(H2,6,7);4H,3H2,1-2H3,(H,6,7);5-6H,3-4H2,1-2H3;4-6H,1-3H3;4-5H,3H2,1-2H3;4H,1-3H3. The van der Waals surface area contributed by atoms with E-state index in [1.54, 1.807) is 26.1 Å². The zero-order chi connectivity index (χ0) is 111. The summed E-state index contributed by atoms with van der Waals surface area (Å²) in [5, 5.41) is 54.2. The summed E-state index contributed by atoms with van der Waals surface area (Å²) in [6, 6.07) is 26.5. The van der Waals surface area contributed by atoms with E-state index in [1.807, 2.05) is 121 Å². The fourth-order valence-corrected chi connectivity index (χ4v) is 9.82. The van der Waals surface area contributed by atoms with E-state index in [9.17, 15) is 28.8 Å². The van der Waals surface area contributed by atoms with Gasteiger partial charge < -0.3 is 62.9 Å². The van der Waals surface area contributed by atoms with Crippen molar-refractivity contribution < 1.29 is 64.1 Å². The molecule has 3 aromatic carbocycles. The van der Waals surface area contributed by atoms with Crippen LogP contribution in [0, 0.1) is 124 Å². The molecule has 0 spiro atoms. The number of carbonyl (C=O) groups is 6. The molecule has 818 valence electrons. The molecule has 19 nitrogen and oxygen atoms in total. The Morgan fingerprint density at radius 1 is 0.435 bits per heavy atom. The highest BCUT2D eigenvalue weighted by molar-refractivity contribution is 5.83. The molecule has 0 saturated heterocycles. The Labute approximate surface area is 854 Å². The van der Waals surface area contributed by atoms with Gasteiger partial charge in [0.1, 0.15) is 5.75 Å². The fourth-order valence-electron chi connectivity index (χ4n) is 9.82. The van der Waals surface area contributed by atoms with Gasteiger partial charge in [-0.3, -0.25) is 33.8 Å². The van der Waals surface area contributed by atoms with Gasteiger partial charge in [-0.25, -0.2) is 0 Å². The van der Waals surface area contributed by atoms with Gasteiger partial charge >= 0.3 is 17.9 Å². The highest BCUT2D eigenvalue weighted by Gasteiger charge is 2.09. The van der Waals surface area contributed by atoms with Crippen LogP contribution in [0.1, 0.15) is 424 Å². The predicted octanol–water partition coefficient (Wildman–Crippen LogP) is 31.1. The van der Waals surface area contributed by atoms with E-state index >= 15 is 0 Å². The number of benzene rings is 3. The van der Waals surface area contributed by atoms with Gasteiger partial charge in [-0.05, 0) is 236 Å². The number of aromatic nitrogens is 1. The van der Waals surface area contributed by atoms with Crippen molar-refractivity contribution in [3.8, 4) is 5.75 Å². The number of aliphatic hydroxyl groups excluding tert-OH is 3. The molecule has 138 heavy (non-hydrogen) atoms. The van der Waals surface area contributed by atoms with Crippen LogP contribution in [0.4, 0.5) is 0 Å². The van der Waals surface area contributed by atoms with Gasteiger partial charge in [0.15, 0.2) is 0 Å². The Morgan fingerprint density at radius 2 is 0.826 bits per heavy atom. The van der Waals surface area contributed by atoms with Crippen molar-refractivity contribution in [3.63, 3.8) is 0 Å². The number of carboxylic acid groups (broad SMARTS) is 2. The minimum atomic E-state index is -0.713. The second-order valence-corrected chi connectivity index (χ2v) is 44.5. The lowest BCUT2D eigenvalue weighted by Gasteiger charge is -2.10. The molecule has 2 unspecified atom stereocenters. The van der Waals surface area contributed by atoms with Crippen LogP contribution in [-0.4, -0.2) is 117 Å². The molecule has 2 atom stereocenters. The highest BCUT2D eigenvalue weighted by atomic mass is 16.5. The number of aliphatic imine (C=N–C) groups is 1. The minimum Gasteiger partial charge on any atom is -0.508 e. The molecule has 0 fully saturated rings. The van der Waals surface area contributed by atoms with E-state index in [0.717, 1.165) is 110 Å². The largest absolute Gasteiger partial charge is 0.508 e. The van der Waals surface area contributed by atoms with Crippen LogP contribution < -0.4 is 22.5 Å². The van der Waals surface area contributed by atoms with Crippen LogP contribution in [0.3, 0.4) is 0 Å². The number of amides is 3. The average Bonchev–Trinajstić information content (AvgIpc) is 1.69. The fraction of sp³-hybridized carbons (Fsp3) is 0.756. The number of hydrogen-bond acceptors (Lipinski definition) is 13. The van der Waals surface area contributed by atoms with Crippen molar-refractivity contribution in [1.82, 2.24) is 10.3 Å². The number of unbranched alkanes of at least 4 members (excludes halogenated alkanes) is 1. The first kappa shape index (κ1) is 159. The van der Waals surface area contributed by atoms with Gasteiger partial charge in [0.25, 0.3) is 0 Å². The zero-order valence-corrected chi connectivity index (χ0v) is 98.7. The second-order valence-electron chi connectivity index (χ2n) is 44.5. The van der Waals surface area contributed by atoms with Crippen molar-refractivity contribution in [2.24, 2.45) is 146 Å². The normalized spacial score (nSPS) is 11.1. The number of allylic oxidation sites excluding steroid dienone is 1. The first-order valence-corrected chi connectivity index (χ1v) is 52.9. The highest BCUT2D eigenvalue weighted by Crippen LogP contribution is 2.22. The number of aromatic amines is 1. The Morgan fingerprint density at radius 3 is 1.04 bits per heavy atom. The molecule has 3 amide bonds. The number of aliphatic carboxylic acids is 2. The summed E-state index contributed by atoms with van der Waals surface area (Å²) in [5.74, 6) is 12.5. The molecule has 14 N–H and O–H groups in total. The summed E-state index contributed by atoms with van der Waals surface area (Å²) in [4.78, 5) is 68.1. The van der Waals surface area contributed by atoms with Crippen molar-refractivity contribution in [2.75, 3.05) is 33.9 Å². The Bertz CT molecular complexity index is 3170. The third-order valence-electron chi connectivity index (χ3n) is 18.9. The summed E-state index contributed by atoms with van der Waals surface area (Å²) < 4.78 is 4.42. The van der Waals surface area contributed by atoms with E-state index in [-0.39, 0.29) is 42.1 Å². The van der Waals surface area contributed by atoms with E-state index in [0.29, 0.717) is 104 Å². The Hall–Kier alpha value is -6.93. The topological polar surface area (TPSA) is 351 Å². The van der Waals surface area contributed by atoms with Crippen molar-refractivity contribution in [3.05, 3.63) is 114 Å². The molecule has 1 aliphatic heterocycles. The number of nitrogens with one attached hydrogen (secondary N) is 2. The number of esters is 1. The molecule has 0 bridgehead atoms. The van der Waals surface area contributed by atoms with E-state index in [1.165, 1.54) is 85.2 Å². The van der Waals surface area contributed by atoms with Crippen LogP contribution in [0.5, 0.6) is 5.75 Å². The number of aliphatic hydroxyl groups is 3. The van der Waals surface area contributed by atoms with E-state index in [2.05, 4.69) is 282 Å². The van der Waals surface area contributed by atoms with Gasteiger partial charge in [-0.15, -0.1) is 0 Å². The van der Waals surface area contributed by atoms with Crippen LogP contribution >= 0.6 is 0 Å². The van der Waals surface area contributed by atoms with Gasteiger partial charge in [-0.2, -0.15) is 0 Å². The summed E-state index contributed by atoms with van der Waals surface area (Å²) in [6.07, 6.45) is 23.6. The maximum Gasteiger partial charge on any atom is 0.305 e. The lowest BCUT2D eigenvalue weighted by atomic mass is 9.96. The molecule has 4 aromatic rings. The van der Waals surface area contributed by atoms with Crippen LogP contribution in [0.25, 0.3) is 10.9 Å². The number of H-pyrrole nitrogens is 1. The number of phenolic OH excluding ortho intramolecular Hbond substituents is 1. The number of hydrogen-bond donors (Lipinski definition) is 11. The first-order chi connectivity index (χ1) is 63.5. The van der Waals surface area contributed by atoms with Crippen LogP contribution in [-0.2, 0) is 52.8 Å². The number of nitrogens with zero attached hydrogens (tertiary/aromatic N) is 1. The molecule has 19 heteroatoms. The molecular weight excluding hydrogens is 1720 g/mol. The third-order valence-corrected chi connectivity index (χ3v) is 18.9. The summed E-state index contributed by atoms with van der Waals surface area (Å²) in [5.41, 5.74) is 22.0. The van der Waals surface area contributed by atoms with Crippen molar-refractivity contribution >= 4 is 52.7 Å². The number of carbonyl (C=O) groups excluding carboxylic acids is 4. The first-order valence-electron chi connectivity index (χ1n) is 52.9. The molecule has 5 rings (SSSR count). The molecule has 0 aliphatic carbocycles. The Kier molecular flexibility index (Phi) is 127. The summed E-state index contributed by atoms with van der Waals surface area (Å²) in [7, 11) is 3.06. The number of methoxy groups -OCH3 is 1. The monoisotopic (exact) mass is 1960 g/mol. The molecule has 1 aliphatic rings. The van der Waals surface area contributed by atoms with Crippen molar-refractivity contribution in [2.45, 2.75) is 433 Å². The molecule has 0 radical (unpaired) electrons. The number of rotatable bonds is 35. The SMILES string of the molecule is CC(C)C.CC(C)C(C)C.CC(C)C(C)O.CC(C)CC(=O)O.CC(C)CC(C)C.CC(C)CC(N)=O.CC(C)CC1=CN=CC1.CC(C)CCC(=O)O.CC(C)CCC(N)=O.CC(C)CCCCN.CC(C)CCO.CC(C)CO.CC(C)Cc1c[nH]c2ccccc12.CC(C)Cc1ccc(O)cc1.CC(C)Cc1ccccc1.CCC(C)C(C)C.CNC(=O)CC(C)C.COC(=O)CC(C)C. The molecule has 0 saturated carbocycles. The number of para-hydroxylation sites is 1. The van der Waals surface area contributed by atoms with E-state index in [4.69, 9.17) is 47.8 Å². The Balaban J connectivity index is -0.000000110. The molecule has 2 heterocycles. The number of ether oxygens (including phenoxy) is 1. The van der Waals surface area contributed by atoms with Crippen molar-refractivity contribution in [1.29, 1.82) is 0 Å². The predicted molar refractivity (Wildman–Crippen MR) is 606 cm³/mol. The van der Waals surface area contributed by atoms with Gasteiger partial charge in [0, 0.05) is 94.7 Å². The maximum atomic E-state index is 10.5. The maximum absolute atomic E-state index is 10.5. The lowest BCUT2D eigenvalue weighted by molar-refractivity contribution is -0.141. The zero-order valence-electron chi connectivity index (χ0n) is 98.7. The number of nitrogens with two attached hydrogens (primary N) is 3. The lowest BCUT2D eigenvalue weighted by Crippen LogP contribution is -2.19. The summed E-state index contributed by atoms with van der Waals surface area (Å²) >= 11 is 0. The minimum absolute atomic E-state index is 0.125. The number of fused-ring (bicyclic) bond motifs is 1. The number of carboxylic acids is 2. The second kappa shape index (κ2) is 110. The van der Waals surface area contributed by atoms with Gasteiger partial charge in [0.2, 0.25) is 17.7 Å². The number of primary amides is 2. The molecule has 1 aromatic heterocycles. The van der Waals surface area contributed by atoms with E-state index < -0.39 is 11.9 Å². The average molecular weight is 1960 g/mol. The molecular formula is C119H234N6O13. The number of aromatic hydroxyl groups is 1. The number of phenols is 1. The van der Waals surface area contributed by atoms with Gasteiger partial charge in [-0.1, -0.05) is 378 Å².